The smallest absolute Gasteiger partial charge is 0.409 e. The zero-order valence-corrected chi connectivity index (χ0v) is 12.0. The third-order valence-corrected chi connectivity index (χ3v) is 3.21. The first-order chi connectivity index (χ1) is 10.0. The standard InChI is InChI=1S/C13H8BrFN4O2/c14-6-3-10-12(16-5-6)19-11(18-10)8-4-7(17-13(20)21)1-2-9(8)15/h1-5,17H,(H,20,21)(H,16,18,19). The molecule has 0 fully saturated rings. The Balaban J connectivity index is 2.10. The van der Waals surface area contributed by atoms with Gasteiger partial charge in [0.15, 0.2) is 5.65 Å². The predicted molar refractivity (Wildman–Crippen MR) is 78.6 cm³/mol. The predicted octanol–water partition coefficient (Wildman–Crippen LogP) is 3.62. The number of aromatic amines is 1. The highest BCUT2D eigenvalue weighted by atomic mass is 79.9. The fourth-order valence-corrected chi connectivity index (χ4v) is 2.24. The van der Waals surface area contributed by atoms with E-state index < -0.39 is 11.9 Å². The number of carboxylic acid groups (broad SMARTS) is 1. The van der Waals surface area contributed by atoms with E-state index in [0.29, 0.717) is 11.2 Å². The summed E-state index contributed by atoms with van der Waals surface area (Å²) in [7, 11) is 0. The first-order valence-corrected chi connectivity index (χ1v) is 6.63. The van der Waals surface area contributed by atoms with Crippen LogP contribution in [0.15, 0.2) is 34.9 Å². The van der Waals surface area contributed by atoms with E-state index in [-0.39, 0.29) is 17.1 Å². The molecular weight excluding hydrogens is 343 g/mol. The lowest BCUT2D eigenvalue weighted by atomic mass is 10.2. The second kappa shape index (κ2) is 5.13. The second-order valence-corrected chi connectivity index (χ2v) is 5.15. The Morgan fingerprint density at radius 3 is 2.95 bits per heavy atom. The SMILES string of the molecule is O=C(O)Nc1ccc(F)c(-c2nc3ncc(Br)cc3[nH]2)c1. The van der Waals surface area contributed by atoms with Crippen LogP contribution in [0.25, 0.3) is 22.6 Å². The molecule has 0 radical (unpaired) electrons. The second-order valence-electron chi connectivity index (χ2n) is 4.23. The number of H-pyrrole nitrogens is 1. The van der Waals surface area contributed by atoms with Gasteiger partial charge >= 0.3 is 6.09 Å². The molecule has 0 aliphatic rings. The van der Waals surface area contributed by atoms with Gasteiger partial charge < -0.3 is 10.1 Å². The van der Waals surface area contributed by atoms with Crippen LogP contribution in [-0.4, -0.2) is 26.2 Å². The quantitative estimate of drug-likeness (QED) is 0.658. The molecule has 3 N–H and O–H groups in total. The Labute approximate surface area is 126 Å². The topological polar surface area (TPSA) is 90.9 Å². The van der Waals surface area contributed by atoms with Crippen LogP contribution < -0.4 is 5.32 Å². The van der Waals surface area contributed by atoms with Crippen molar-refractivity contribution in [3.63, 3.8) is 0 Å². The number of halogens is 2. The summed E-state index contributed by atoms with van der Waals surface area (Å²) in [4.78, 5) is 21.9. The average Bonchev–Trinajstić information content (AvgIpc) is 2.83. The summed E-state index contributed by atoms with van der Waals surface area (Å²) in [6, 6.07) is 5.66. The molecule has 0 aliphatic heterocycles. The molecule has 0 aliphatic carbocycles. The van der Waals surface area contributed by atoms with Crippen LogP contribution in [-0.2, 0) is 0 Å². The van der Waals surface area contributed by atoms with E-state index >= 15 is 0 Å². The minimum Gasteiger partial charge on any atom is -0.465 e. The molecule has 3 rings (SSSR count). The Morgan fingerprint density at radius 1 is 1.38 bits per heavy atom. The Kier molecular flexibility index (Phi) is 3.30. The van der Waals surface area contributed by atoms with E-state index in [1.54, 1.807) is 12.3 Å². The molecule has 2 heterocycles. The largest absolute Gasteiger partial charge is 0.465 e. The molecule has 0 saturated heterocycles. The molecule has 8 heteroatoms. The summed E-state index contributed by atoms with van der Waals surface area (Å²) >= 11 is 3.29. The van der Waals surface area contributed by atoms with Gasteiger partial charge in [0.05, 0.1) is 11.1 Å². The number of pyridine rings is 1. The molecule has 106 valence electrons. The Hall–Kier alpha value is -2.48. The number of benzene rings is 1. The van der Waals surface area contributed by atoms with Gasteiger partial charge in [-0.3, -0.25) is 5.32 Å². The summed E-state index contributed by atoms with van der Waals surface area (Å²) in [5, 5.41) is 10.9. The summed E-state index contributed by atoms with van der Waals surface area (Å²) in [5.41, 5.74) is 1.52. The van der Waals surface area contributed by atoms with E-state index in [2.05, 4.69) is 36.2 Å². The number of imidazole rings is 1. The van der Waals surface area contributed by atoms with Gasteiger partial charge in [0, 0.05) is 16.4 Å². The first-order valence-electron chi connectivity index (χ1n) is 5.84. The molecule has 1 aromatic carbocycles. The molecule has 3 aromatic rings. The van der Waals surface area contributed by atoms with Crippen molar-refractivity contribution >= 4 is 38.9 Å². The Bertz CT molecular complexity index is 849. The zero-order chi connectivity index (χ0) is 15.0. The number of fused-ring (bicyclic) bond motifs is 1. The van der Waals surface area contributed by atoms with E-state index in [4.69, 9.17) is 5.11 Å². The fourth-order valence-electron chi connectivity index (χ4n) is 1.91. The van der Waals surface area contributed by atoms with E-state index in [1.165, 1.54) is 18.2 Å². The van der Waals surface area contributed by atoms with Gasteiger partial charge in [0.25, 0.3) is 0 Å². The lowest BCUT2D eigenvalue weighted by molar-refractivity contribution is 0.209. The summed E-state index contributed by atoms with van der Waals surface area (Å²) in [6.45, 7) is 0. The fraction of sp³-hybridized carbons (Fsp3) is 0. The lowest BCUT2D eigenvalue weighted by Gasteiger charge is -2.04. The van der Waals surface area contributed by atoms with Crippen LogP contribution >= 0.6 is 15.9 Å². The monoisotopic (exact) mass is 350 g/mol. The van der Waals surface area contributed by atoms with Gasteiger partial charge in [-0.05, 0) is 40.2 Å². The minimum absolute atomic E-state index is 0.162. The summed E-state index contributed by atoms with van der Waals surface area (Å²) < 4.78 is 14.7. The maximum Gasteiger partial charge on any atom is 0.409 e. The number of nitrogens with one attached hydrogen (secondary N) is 2. The zero-order valence-electron chi connectivity index (χ0n) is 10.4. The van der Waals surface area contributed by atoms with Crippen molar-refractivity contribution in [3.05, 3.63) is 40.8 Å². The minimum atomic E-state index is -1.22. The summed E-state index contributed by atoms with van der Waals surface area (Å²) in [6.07, 6.45) is 0.369. The lowest BCUT2D eigenvalue weighted by Crippen LogP contribution is -2.07. The van der Waals surface area contributed by atoms with Crippen LogP contribution in [0.3, 0.4) is 0 Å². The number of amides is 1. The maximum absolute atomic E-state index is 13.9. The molecule has 0 saturated carbocycles. The van der Waals surface area contributed by atoms with Gasteiger partial charge in [-0.25, -0.2) is 19.2 Å². The molecule has 6 nitrogen and oxygen atoms in total. The molecule has 2 aromatic heterocycles. The first kappa shape index (κ1) is 13.5. The van der Waals surface area contributed by atoms with Crippen LogP contribution in [0.4, 0.5) is 14.9 Å². The van der Waals surface area contributed by atoms with E-state index in [1.807, 2.05) is 0 Å². The van der Waals surface area contributed by atoms with Gasteiger partial charge in [0.1, 0.15) is 11.6 Å². The van der Waals surface area contributed by atoms with Crippen molar-refractivity contribution in [2.24, 2.45) is 0 Å². The number of nitrogens with zero attached hydrogens (tertiary/aromatic N) is 2. The van der Waals surface area contributed by atoms with Crippen molar-refractivity contribution < 1.29 is 14.3 Å². The highest BCUT2D eigenvalue weighted by Gasteiger charge is 2.12. The van der Waals surface area contributed by atoms with E-state index in [9.17, 15) is 9.18 Å². The van der Waals surface area contributed by atoms with Gasteiger partial charge in [-0.15, -0.1) is 0 Å². The normalized spacial score (nSPS) is 10.8. The number of anilines is 1. The van der Waals surface area contributed by atoms with Crippen molar-refractivity contribution in [1.29, 1.82) is 0 Å². The van der Waals surface area contributed by atoms with Crippen molar-refractivity contribution in [3.8, 4) is 11.4 Å². The third kappa shape index (κ3) is 2.70. The van der Waals surface area contributed by atoms with Crippen molar-refractivity contribution in [2.45, 2.75) is 0 Å². The number of hydrogen-bond donors (Lipinski definition) is 3. The van der Waals surface area contributed by atoms with Crippen LogP contribution in [0.1, 0.15) is 0 Å². The summed E-state index contributed by atoms with van der Waals surface area (Å²) in [5.74, 6) is -0.230. The number of hydrogen-bond acceptors (Lipinski definition) is 3. The Morgan fingerprint density at radius 2 is 2.19 bits per heavy atom. The van der Waals surface area contributed by atoms with Crippen molar-refractivity contribution in [1.82, 2.24) is 15.0 Å². The molecule has 0 atom stereocenters. The maximum atomic E-state index is 13.9. The van der Waals surface area contributed by atoms with Crippen LogP contribution in [0.2, 0.25) is 0 Å². The van der Waals surface area contributed by atoms with Crippen LogP contribution in [0.5, 0.6) is 0 Å². The molecule has 0 unspecified atom stereocenters. The molecular formula is C13H8BrFN4O2. The average molecular weight is 351 g/mol. The molecule has 0 bridgehead atoms. The molecule has 0 spiro atoms. The highest BCUT2D eigenvalue weighted by Crippen LogP contribution is 2.26. The number of rotatable bonds is 2. The van der Waals surface area contributed by atoms with Crippen LogP contribution in [0, 0.1) is 5.82 Å². The highest BCUT2D eigenvalue weighted by molar-refractivity contribution is 9.10. The van der Waals surface area contributed by atoms with Gasteiger partial charge in [-0.2, -0.15) is 0 Å². The van der Waals surface area contributed by atoms with Crippen molar-refractivity contribution in [2.75, 3.05) is 5.32 Å². The van der Waals surface area contributed by atoms with E-state index in [0.717, 1.165) is 4.47 Å². The van der Waals surface area contributed by atoms with Gasteiger partial charge in [0.2, 0.25) is 0 Å². The molecule has 1 amide bonds. The number of aromatic nitrogens is 3. The van der Waals surface area contributed by atoms with Gasteiger partial charge in [-0.1, -0.05) is 0 Å². The molecule has 21 heavy (non-hydrogen) atoms. The third-order valence-electron chi connectivity index (χ3n) is 2.78. The number of carbonyl (C=O) groups is 1.